The number of rotatable bonds is 7. The highest BCUT2D eigenvalue weighted by atomic mass is 35.5. The van der Waals surface area contributed by atoms with Gasteiger partial charge in [0.25, 0.3) is 5.91 Å². The van der Waals surface area contributed by atoms with Gasteiger partial charge in [0.05, 0.1) is 6.61 Å². The molecule has 1 aromatic carbocycles. The van der Waals surface area contributed by atoms with Crippen LogP contribution in [0.25, 0.3) is 0 Å². The van der Waals surface area contributed by atoms with Gasteiger partial charge >= 0.3 is 6.61 Å². The molecule has 1 fully saturated rings. The summed E-state index contributed by atoms with van der Waals surface area (Å²) >= 11 is 5.78. The lowest BCUT2D eigenvalue weighted by molar-refractivity contribution is -0.0515. The Balaban J connectivity index is 1.77. The average Bonchev–Trinajstić information content (AvgIpc) is 3.37. The molecular weight excluding hydrogens is 354 g/mol. The number of nitrogens with one attached hydrogen (secondary N) is 1. The van der Waals surface area contributed by atoms with Crippen molar-refractivity contribution in [3.8, 4) is 11.5 Å². The minimum atomic E-state index is -2.97. The van der Waals surface area contributed by atoms with Crippen molar-refractivity contribution >= 4 is 23.2 Å². The molecule has 132 valence electrons. The van der Waals surface area contributed by atoms with Crippen LogP contribution in [0.3, 0.4) is 0 Å². The van der Waals surface area contributed by atoms with E-state index >= 15 is 0 Å². The van der Waals surface area contributed by atoms with Gasteiger partial charge in [-0.1, -0.05) is 11.6 Å². The number of alkyl halides is 2. The molecule has 1 amide bonds. The van der Waals surface area contributed by atoms with Crippen molar-refractivity contribution in [3.63, 3.8) is 0 Å². The van der Waals surface area contributed by atoms with Gasteiger partial charge in [-0.2, -0.15) is 8.78 Å². The second-order valence-corrected chi connectivity index (χ2v) is 6.00. The van der Waals surface area contributed by atoms with Gasteiger partial charge < -0.3 is 14.8 Å². The average molecular weight is 369 g/mol. The number of benzene rings is 1. The van der Waals surface area contributed by atoms with Gasteiger partial charge in [0.1, 0.15) is 5.15 Å². The fraction of sp³-hybridized carbons (Fsp3) is 0.294. The number of amides is 1. The predicted molar refractivity (Wildman–Crippen MR) is 88.5 cm³/mol. The zero-order valence-corrected chi connectivity index (χ0v) is 13.8. The summed E-state index contributed by atoms with van der Waals surface area (Å²) in [6.45, 7) is -2.56. The molecule has 0 radical (unpaired) electrons. The molecule has 25 heavy (non-hydrogen) atoms. The van der Waals surface area contributed by atoms with Gasteiger partial charge in [-0.3, -0.25) is 4.79 Å². The summed E-state index contributed by atoms with van der Waals surface area (Å²) in [5.41, 5.74) is 0.721. The van der Waals surface area contributed by atoms with Crippen LogP contribution in [0.1, 0.15) is 23.2 Å². The highest BCUT2D eigenvalue weighted by Gasteiger charge is 2.23. The summed E-state index contributed by atoms with van der Waals surface area (Å²) in [6, 6.07) is 7.15. The molecule has 0 spiro atoms. The molecule has 1 heterocycles. The largest absolute Gasteiger partial charge is 0.489 e. The molecule has 8 heteroatoms. The Labute approximate surface area is 147 Å². The third-order valence-electron chi connectivity index (χ3n) is 3.58. The van der Waals surface area contributed by atoms with Crippen LogP contribution < -0.4 is 14.8 Å². The van der Waals surface area contributed by atoms with Gasteiger partial charge in [0.2, 0.25) is 0 Å². The van der Waals surface area contributed by atoms with Crippen LogP contribution >= 0.6 is 11.6 Å². The van der Waals surface area contributed by atoms with Crippen LogP contribution in [0, 0.1) is 5.92 Å². The van der Waals surface area contributed by atoms with E-state index in [1.165, 1.54) is 30.5 Å². The second-order valence-electron chi connectivity index (χ2n) is 5.62. The van der Waals surface area contributed by atoms with E-state index in [9.17, 15) is 13.6 Å². The first-order valence-corrected chi connectivity index (χ1v) is 8.03. The first-order chi connectivity index (χ1) is 12.0. The minimum Gasteiger partial charge on any atom is -0.489 e. The Hall–Kier alpha value is -2.41. The van der Waals surface area contributed by atoms with Crippen LogP contribution in [0.2, 0.25) is 5.15 Å². The smallest absolute Gasteiger partial charge is 0.387 e. The summed E-state index contributed by atoms with van der Waals surface area (Å²) in [7, 11) is 0. The minimum absolute atomic E-state index is 0.0980. The highest BCUT2D eigenvalue weighted by Crippen LogP contribution is 2.34. The lowest BCUT2D eigenvalue weighted by Gasteiger charge is -2.13. The van der Waals surface area contributed by atoms with Gasteiger partial charge in [-0.15, -0.1) is 0 Å². The number of halogens is 3. The number of carbonyl (C=O) groups excluding carboxylic acids is 1. The van der Waals surface area contributed by atoms with Crippen LogP contribution in [0.15, 0.2) is 36.5 Å². The number of carbonyl (C=O) groups is 1. The van der Waals surface area contributed by atoms with Crippen molar-refractivity contribution in [2.75, 3.05) is 11.9 Å². The molecule has 1 aromatic heterocycles. The number of hydrogen-bond acceptors (Lipinski definition) is 4. The molecule has 1 aliphatic rings. The Morgan fingerprint density at radius 3 is 2.76 bits per heavy atom. The maximum absolute atomic E-state index is 12.5. The van der Waals surface area contributed by atoms with E-state index in [0.29, 0.717) is 18.2 Å². The van der Waals surface area contributed by atoms with Crippen molar-refractivity contribution < 1.29 is 23.0 Å². The van der Waals surface area contributed by atoms with E-state index in [1.807, 2.05) is 0 Å². The first-order valence-electron chi connectivity index (χ1n) is 7.66. The fourth-order valence-electron chi connectivity index (χ4n) is 2.13. The van der Waals surface area contributed by atoms with Crippen molar-refractivity contribution in [2.24, 2.45) is 5.92 Å². The van der Waals surface area contributed by atoms with Gasteiger partial charge in [-0.25, -0.2) is 4.98 Å². The molecule has 1 N–H and O–H groups in total. The van der Waals surface area contributed by atoms with E-state index in [4.69, 9.17) is 16.3 Å². The molecule has 5 nitrogen and oxygen atoms in total. The molecule has 0 atom stereocenters. The summed E-state index contributed by atoms with van der Waals surface area (Å²) < 4.78 is 35.0. The van der Waals surface area contributed by atoms with Crippen LogP contribution in [-0.4, -0.2) is 24.1 Å². The Kier molecular flexibility index (Phi) is 5.33. The third-order valence-corrected chi connectivity index (χ3v) is 3.78. The topological polar surface area (TPSA) is 60.5 Å². The van der Waals surface area contributed by atoms with Crippen molar-refractivity contribution in [1.82, 2.24) is 4.98 Å². The second kappa shape index (κ2) is 7.65. The SMILES string of the molecule is O=C(Nc1ccnc(Cl)c1)c1ccc(OC(F)F)c(OCC2CC2)c1. The number of anilines is 1. The predicted octanol–water partition coefficient (Wildman–Crippen LogP) is 4.38. The quantitative estimate of drug-likeness (QED) is 0.737. The maximum Gasteiger partial charge on any atom is 0.387 e. The van der Waals surface area contributed by atoms with Crippen molar-refractivity contribution in [2.45, 2.75) is 19.5 Å². The number of nitrogens with zero attached hydrogens (tertiary/aromatic N) is 1. The van der Waals surface area contributed by atoms with Crippen molar-refractivity contribution in [3.05, 3.63) is 47.2 Å². The molecule has 2 aromatic rings. The standard InChI is InChI=1S/C17H15ClF2N2O3/c18-15-8-12(5-6-21-15)22-16(23)11-3-4-13(25-17(19)20)14(7-11)24-9-10-1-2-10/h3-8,10,17H,1-2,9H2,(H,21,22,23). The normalized spacial score (nSPS) is 13.6. The van der Waals surface area contributed by atoms with E-state index in [1.54, 1.807) is 6.07 Å². The molecular formula is C17H15ClF2N2O3. The Bertz CT molecular complexity index is 769. The number of ether oxygens (including phenoxy) is 2. The summed E-state index contributed by atoms with van der Waals surface area (Å²) in [4.78, 5) is 16.2. The summed E-state index contributed by atoms with van der Waals surface area (Å²) in [6.07, 6.45) is 3.56. The van der Waals surface area contributed by atoms with Crippen LogP contribution in [-0.2, 0) is 0 Å². The molecule has 0 bridgehead atoms. The zero-order chi connectivity index (χ0) is 17.8. The monoisotopic (exact) mass is 368 g/mol. The summed E-state index contributed by atoms with van der Waals surface area (Å²) in [5.74, 6) is 0.0183. The Morgan fingerprint density at radius 2 is 2.08 bits per heavy atom. The lowest BCUT2D eigenvalue weighted by Crippen LogP contribution is -2.13. The number of aromatic nitrogens is 1. The van der Waals surface area contributed by atoms with Crippen molar-refractivity contribution in [1.29, 1.82) is 0 Å². The number of hydrogen-bond donors (Lipinski definition) is 1. The van der Waals surface area contributed by atoms with Gasteiger partial charge in [0.15, 0.2) is 11.5 Å². The van der Waals surface area contributed by atoms with Gasteiger partial charge in [-0.05, 0) is 49.1 Å². The molecule has 0 unspecified atom stereocenters. The first kappa shape index (κ1) is 17.4. The lowest BCUT2D eigenvalue weighted by atomic mass is 10.2. The van der Waals surface area contributed by atoms with E-state index in [2.05, 4.69) is 15.0 Å². The molecule has 1 aliphatic carbocycles. The fourth-order valence-corrected chi connectivity index (χ4v) is 2.30. The van der Waals surface area contributed by atoms with Gasteiger partial charge in [0, 0.05) is 17.4 Å². The maximum atomic E-state index is 12.5. The summed E-state index contributed by atoms with van der Waals surface area (Å²) in [5, 5.41) is 2.90. The zero-order valence-electron chi connectivity index (χ0n) is 13.0. The molecule has 0 aliphatic heterocycles. The molecule has 1 saturated carbocycles. The van der Waals surface area contributed by atoms with E-state index in [0.717, 1.165) is 12.8 Å². The molecule has 3 rings (SSSR count). The third kappa shape index (κ3) is 5.03. The number of pyridine rings is 1. The Morgan fingerprint density at radius 1 is 1.28 bits per heavy atom. The van der Waals surface area contributed by atoms with Crippen LogP contribution in [0.4, 0.5) is 14.5 Å². The van der Waals surface area contributed by atoms with Crippen LogP contribution in [0.5, 0.6) is 11.5 Å². The van der Waals surface area contributed by atoms with E-state index < -0.39 is 12.5 Å². The van der Waals surface area contributed by atoms with E-state index in [-0.39, 0.29) is 22.2 Å². The highest BCUT2D eigenvalue weighted by molar-refractivity contribution is 6.29. The molecule has 0 saturated heterocycles.